The molecule has 3 aromatic rings. The van der Waals surface area contributed by atoms with Gasteiger partial charge in [-0.25, -0.2) is 13.4 Å². The summed E-state index contributed by atoms with van der Waals surface area (Å²) in [6.07, 6.45) is 3.27. The normalized spacial score (nSPS) is 16.0. The van der Waals surface area contributed by atoms with Crippen molar-refractivity contribution in [3.05, 3.63) is 82.6 Å². The molecule has 0 aliphatic carbocycles. The molecule has 1 aliphatic heterocycles. The minimum absolute atomic E-state index is 0.00751. The van der Waals surface area contributed by atoms with E-state index in [9.17, 15) is 13.2 Å². The van der Waals surface area contributed by atoms with Gasteiger partial charge in [-0.2, -0.15) is 0 Å². The minimum Gasteiger partial charge on any atom is -0.376 e. The summed E-state index contributed by atoms with van der Waals surface area (Å²) >= 11 is 6.07. The molecule has 1 amide bonds. The number of rotatable bonds is 9. The van der Waals surface area contributed by atoms with Crippen molar-refractivity contribution in [2.24, 2.45) is 0 Å². The topological polar surface area (TPSA) is 81.5 Å². The lowest BCUT2D eigenvalue weighted by molar-refractivity contribution is 0.0741. The highest BCUT2D eigenvalue weighted by Gasteiger charge is 2.28. The number of hydrogen-bond donors (Lipinski definition) is 0. The zero-order valence-corrected chi connectivity index (χ0v) is 20.6. The number of benzene rings is 2. The van der Waals surface area contributed by atoms with E-state index in [2.05, 4.69) is 4.98 Å². The Balaban J connectivity index is 1.65. The summed E-state index contributed by atoms with van der Waals surface area (Å²) in [5, 5.41) is 0.493. The molecule has 7 nitrogen and oxygen atoms in total. The van der Waals surface area contributed by atoms with Gasteiger partial charge in [-0.3, -0.25) is 4.79 Å². The van der Waals surface area contributed by atoms with Crippen LogP contribution in [0.5, 0.6) is 0 Å². The Hall–Kier alpha value is -2.68. The molecule has 180 valence electrons. The van der Waals surface area contributed by atoms with Gasteiger partial charge in [-0.15, -0.1) is 0 Å². The largest absolute Gasteiger partial charge is 0.376 e. The lowest BCUT2D eigenvalue weighted by Gasteiger charge is -2.23. The van der Waals surface area contributed by atoms with E-state index in [0.717, 1.165) is 12.8 Å². The molecule has 0 bridgehead atoms. The maximum Gasteiger partial charge on any atom is 0.254 e. The molecule has 1 aliphatic rings. The number of hydrogen-bond acceptors (Lipinski definition) is 5. The molecular formula is C25H28ClN3O4S. The molecular weight excluding hydrogens is 474 g/mol. The van der Waals surface area contributed by atoms with Gasteiger partial charge < -0.3 is 14.2 Å². The predicted molar refractivity (Wildman–Crippen MR) is 130 cm³/mol. The monoisotopic (exact) mass is 501 g/mol. The van der Waals surface area contributed by atoms with E-state index >= 15 is 0 Å². The SMILES string of the molecule is CCN(Cc1cnc(S(=O)(=O)Cc2ccccc2)n1CC1CCCO1)C(=O)c1cccc(Cl)c1. The van der Waals surface area contributed by atoms with Crippen molar-refractivity contribution < 1.29 is 17.9 Å². The Morgan fingerprint density at radius 2 is 2.00 bits per heavy atom. The van der Waals surface area contributed by atoms with Crippen molar-refractivity contribution >= 4 is 27.3 Å². The van der Waals surface area contributed by atoms with E-state index in [-0.39, 0.29) is 29.5 Å². The van der Waals surface area contributed by atoms with Crippen molar-refractivity contribution in [2.75, 3.05) is 13.2 Å². The molecule has 4 rings (SSSR count). The van der Waals surface area contributed by atoms with Crippen LogP contribution in [0.15, 0.2) is 66.0 Å². The van der Waals surface area contributed by atoms with E-state index in [4.69, 9.17) is 16.3 Å². The molecule has 0 radical (unpaired) electrons. The first-order valence-electron chi connectivity index (χ1n) is 11.3. The molecule has 2 aromatic carbocycles. The van der Waals surface area contributed by atoms with Crippen LogP contribution < -0.4 is 0 Å². The zero-order chi connectivity index (χ0) is 24.1. The van der Waals surface area contributed by atoms with Gasteiger partial charge in [-0.05, 0) is 43.5 Å². The summed E-state index contributed by atoms with van der Waals surface area (Å²) in [4.78, 5) is 19.1. The zero-order valence-electron chi connectivity index (χ0n) is 19.1. The van der Waals surface area contributed by atoms with Crippen LogP contribution in [-0.2, 0) is 33.4 Å². The van der Waals surface area contributed by atoms with Gasteiger partial charge in [0.25, 0.3) is 5.91 Å². The number of sulfone groups is 1. The first-order chi connectivity index (χ1) is 16.4. The lowest BCUT2D eigenvalue weighted by atomic mass is 10.2. The van der Waals surface area contributed by atoms with Crippen molar-refractivity contribution in [1.29, 1.82) is 0 Å². The Morgan fingerprint density at radius 3 is 2.68 bits per heavy atom. The van der Waals surface area contributed by atoms with Crippen LogP contribution in [0.2, 0.25) is 5.02 Å². The molecule has 0 spiro atoms. The van der Waals surface area contributed by atoms with Crippen LogP contribution in [0.1, 0.15) is 41.4 Å². The number of nitrogens with zero attached hydrogens (tertiary/aromatic N) is 3. The summed E-state index contributed by atoms with van der Waals surface area (Å²) in [7, 11) is -3.71. The quantitative estimate of drug-likeness (QED) is 0.435. The summed E-state index contributed by atoms with van der Waals surface area (Å²) in [5.74, 6) is -0.321. The number of aromatic nitrogens is 2. The van der Waals surface area contributed by atoms with Gasteiger partial charge in [-0.1, -0.05) is 48.0 Å². The fourth-order valence-corrected chi connectivity index (χ4v) is 5.83. The molecule has 1 saturated heterocycles. The Morgan fingerprint density at radius 1 is 1.21 bits per heavy atom. The minimum atomic E-state index is -3.71. The average molecular weight is 502 g/mol. The molecule has 1 unspecified atom stereocenters. The van der Waals surface area contributed by atoms with E-state index in [1.807, 2.05) is 25.1 Å². The maximum absolute atomic E-state index is 13.3. The first-order valence-corrected chi connectivity index (χ1v) is 13.4. The molecule has 1 atom stereocenters. The van der Waals surface area contributed by atoms with Crippen LogP contribution in [-0.4, -0.2) is 48.0 Å². The number of imidazole rings is 1. The van der Waals surface area contributed by atoms with Crippen LogP contribution in [0.25, 0.3) is 0 Å². The summed E-state index contributed by atoms with van der Waals surface area (Å²) in [6, 6.07) is 15.9. The maximum atomic E-state index is 13.3. The van der Waals surface area contributed by atoms with Crippen LogP contribution in [0.3, 0.4) is 0 Å². The van der Waals surface area contributed by atoms with Gasteiger partial charge in [0.2, 0.25) is 15.0 Å². The molecule has 9 heteroatoms. The first kappa shape index (κ1) is 24.4. The van der Waals surface area contributed by atoms with Crippen molar-refractivity contribution in [2.45, 2.75) is 49.9 Å². The van der Waals surface area contributed by atoms with Crippen molar-refractivity contribution in [3.63, 3.8) is 0 Å². The summed E-state index contributed by atoms with van der Waals surface area (Å²) in [5.41, 5.74) is 1.83. The number of halogens is 1. The van der Waals surface area contributed by atoms with Crippen molar-refractivity contribution in [3.8, 4) is 0 Å². The van der Waals surface area contributed by atoms with Crippen LogP contribution in [0.4, 0.5) is 0 Å². The van der Waals surface area contributed by atoms with Gasteiger partial charge in [0, 0.05) is 23.7 Å². The molecule has 0 saturated carbocycles. The third-order valence-electron chi connectivity index (χ3n) is 5.88. The van der Waals surface area contributed by atoms with E-state index < -0.39 is 9.84 Å². The number of ether oxygens (including phenoxy) is 1. The second-order valence-electron chi connectivity index (χ2n) is 8.35. The number of carbonyl (C=O) groups is 1. The second kappa shape index (κ2) is 10.7. The number of carbonyl (C=O) groups excluding carboxylic acids is 1. The van der Waals surface area contributed by atoms with Gasteiger partial charge in [0.05, 0.1) is 36.8 Å². The predicted octanol–water partition coefficient (Wildman–Crippen LogP) is 4.35. The smallest absolute Gasteiger partial charge is 0.254 e. The third-order valence-corrected chi connectivity index (χ3v) is 7.71. The highest BCUT2D eigenvalue weighted by atomic mass is 35.5. The molecule has 34 heavy (non-hydrogen) atoms. The average Bonchev–Trinajstić information content (AvgIpc) is 3.48. The molecule has 1 aromatic heterocycles. The summed E-state index contributed by atoms with van der Waals surface area (Å²) in [6.45, 7) is 3.60. The molecule has 2 heterocycles. The molecule has 0 N–H and O–H groups in total. The highest BCUT2D eigenvalue weighted by Crippen LogP contribution is 2.23. The van der Waals surface area contributed by atoms with E-state index in [1.165, 1.54) is 0 Å². The number of amides is 1. The van der Waals surface area contributed by atoms with E-state index in [0.29, 0.717) is 41.5 Å². The van der Waals surface area contributed by atoms with Gasteiger partial charge in [0.1, 0.15) is 0 Å². The lowest BCUT2D eigenvalue weighted by Crippen LogP contribution is -2.32. The standard InChI is InChI=1S/C25H28ClN3O4S/c1-2-28(24(30)20-10-6-11-21(26)14-20)16-22-15-27-25(29(22)17-23-12-7-13-33-23)34(31,32)18-19-8-4-3-5-9-19/h3-6,8-11,14-15,23H,2,7,12-13,16-18H2,1H3. The Kier molecular flexibility index (Phi) is 7.70. The fraction of sp³-hybridized carbons (Fsp3) is 0.360. The Labute approximate surface area is 205 Å². The third kappa shape index (κ3) is 5.68. The Bertz CT molecular complexity index is 1240. The second-order valence-corrected chi connectivity index (χ2v) is 10.7. The highest BCUT2D eigenvalue weighted by molar-refractivity contribution is 7.90. The molecule has 1 fully saturated rings. The van der Waals surface area contributed by atoms with Gasteiger partial charge in [0.15, 0.2) is 0 Å². The van der Waals surface area contributed by atoms with E-state index in [1.54, 1.807) is 52.1 Å². The summed E-state index contributed by atoms with van der Waals surface area (Å²) < 4.78 is 34.2. The van der Waals surface area contributed by atoms with Crippen LogP contribution in [0, 0.1) is 0 Å². The van der Waals surface area contributed by atoms with Crippen molar-refractivity contribution in [1.82, 2.24) is 14.5 Å². The van der Waals surface area contributed by atoms with Gasteiger partial charge >= 0.3 is 0 Å². The van der Waals surface area contributed by atoms with Crippen LogP contribution >= 0.6 is 11.6 Å². The fourth-order valence-electron chi connectivity index (χ4n) is 4.14.